The lowest BCUT2D eigenvalue weighted by atomic mass is 10.1. The molecule has 2 rings (SSSR count). The van der Waals surface area contributed by atoms with Crippen LogP contribution in [0, 0.1) is 0 Å². The monoisotopic (exact) mass is 367 g/mol. The number of ether oxygens (including phenoxy) is 2. The number of nitrogens with one attached hydrogen (secondary N) is 1. The number of hydrogen-bond acceptors (Lipinski definition) is 3. The summed E-state index contributed by atoms with van der Waals surface area (Å²) in [7, 11) is 0. The molecule has 0 saturated carbocycles. The fourth-order valence-electron chi connectivity index (χ4n) is 2.33. The Morgan fingerprint density at radius 1 is 1.00 bits per heavy atom. The van der Waals surface area contributed by atoms with Gasteiger partial charge in [0, 0.05) is 12.1 Å². The van der Waals surface area contributed by atoms with Gasteiger partial charge in [-0.25, -0.2) is 0 Å². The maximum atomic E-state index is 12.7. The predicted molar refractivity (Wildman–Crippen MR) is 91.4 cm³/mol. The van der Waals surface area contributed by atoms with Gasteiger partial charge in [-0.1, -0.05) is 12.1 Å². The summed E-state index contributed by atoms with van der Waals surface area (Å²) in [5, 5.41) is 2.61. The summed E-state index contributed by atoms with van der Waals surface area (Å²) in [5.41, 5.74) is -0.0445. The van der Waals surface area contributed by atoms with Crippen LogP contribution in [-0.2, 0) is 12.7 Å². The van der Waals surface area contributed by atoms with Crippen molar-refractivity contribution in [2.75, 3.05) is 13.2 Å². The summed E-state index contributed by atoms with van der Waals surface area (Å²) in [6, 6.07) is 9.61. The minimum atomic E-state index is -4.42. The van der Waals surface area contributed by atoms with E-state index in [-0.39, 0.29) is 6.54 Å². The standard InChI is InChI=1S/C19H20F3NO3/c1-3-25-16-9-8-14(11-17(16)26-4-2)18(24)23-12-13-6-5-7-15(10-13)19(20,21)22/h5-11H,3-4,12H2,1-2H3,(H,23,24). The zero-order valence-corrected chi connectivity index (χ0v) is 14.5. The highest BCUT2D eigenvalue weighted by Gasteiger charge is 2.30. The van der Waals surface area contributed by atoms with Gasteiger partial charge in [-0.05, 0) is 49.7 Å². The van der Waals surface area contributed by atoms with Crippen LogP contribution >= 0.6 is 0 Å². The molecule has 1 N–H and O–H groups in total. The summed E-state index contributed by atoms with van der Waals surface area (Å²) in [5.74, 6) is 0.566. The smallest absolute Gasteiger partial charge is 0.416 e. The zero-order chi connectivity index (χ0) is 19.2. The Morgan fingerprint density at radius 2 is 1.69 bits per heavy atom. The van der Waals surface area contributed by atoms with Crippen LogP contribution in [0.4, 0.5) is 13.2 Å². The van der Waals surface area contributed by atoms with E-state index in [1.54, 1.807) is 18.2 Å². The molecule has 0 saturated heterocycles. The number of rotatable bonds is 7. The van der Waals surface area contributed by atoms with Gasteiger partial charge in [-0.2, -0.15) is 13.2 Å². The maximum Gasteiger partial charge on any atom is 0.416 e. The lowest BCUT2D eigenvalue weighted by Gasteiger charge is -2.13. The SMILES string of the molecule is CCOc1ccc(C(=O)NCc2cccc(C(F)(F)F)c2)cc1OCC. The number of carbonyl (C=O) groups excluding carboxylic acids is 1. The van der Waals surface area contributed by atoms with E-state index in [9.17, 15) is 18.0 Å². The number of hydrogen-bond donors (Lipinski definition) is 1. The molecule has 0 aliphatic rings. The molecule has 0 bridgehead atoms. The first-order chi connectivity index (χ1) is 12.3. The molecule has 0 heterocycles. The molecule has 26 heavy (non-hydrogen) atoms. The molecule has 7 heteroatoms. The number of carbonyl (C=O) groups is 1. The van der Waals surface area contributed by atoms with E-state index < -0.39 is 17.6 Å². The second kappa shape index (κ2) is 8.60. The highest BCUT2D eigenvalue weighted by atomic mass is 19.4. The molecule has 4 nitrogen and oxygen atoms in total. The molecule has 2 aromatic carbocycles. The van der Waals surface area contributed by atoms with Gasteiger partial charge in [0.25, 0.3) is 5.91 Å². The normalized spacial score (nSPS) is 11.1. The van der Waals surface area contributed by atoms with Gasteiger partial charge >= 0.3 is 6.18 Å². The average molecular weight is 367 g/mol. The average Bonchev–Trinajstić information content (AvgIpc) is 2.61. The molecule has 0 atom stereocenters. The Labute approximate surface area is 149 Å². The number of halogens is 3. The van der Waals surface area contributed by atoms with Crippen molar-refractivity contribution in [3.05, 3.63) is 59.2 Å². The van der Waals surface area contributed by atoms with E-state index in [4.69, 9.17) is 9.47 Å². The predicted octanol–water partition coefficient (Wildman–Crippen LogP) is 4.43. The molecule has 0 radical (unpaired) electrons. The number of benzene rings is 2. The van der Waals surface area contributed by atoms with Crippen LogP contribution in [0.3, 0.4) is 0 Å². The Hall–Kier alpha value is -2.70. The molecule has 2 aromatic rings. The van der Waals surface area contributed by atoms with Gasteiger partial charge in [0.2, 0.25) is 0 Å². The van der Waals surface area contributed by atoms with Crippen molar-refractivity contribution >= 4 is 5.91 Å². The largest absolute Gasteiger partial charge is 0.490 e. The molecular formula is C19H20F3NO3. The Balaban J connectivity index is 2.09. The Morgan fingerprint density at radius 3 is 2.35 bits per heavy atom. The van der Waals surface area contributed by atoms with E-state index in [0.29, 0.717) is 35.8 Å². The van der Waals surface area contributed by atoms with Crippen LogP contribution in [0.15, 0.2) is 42.5 Å². The molecule has 1 amide bonds. The first-order valence-corrected chi connectivity index (χ1v) is 8.19. The molecule has 140 valence electrons. The minimum absolute atomic E-state index is 0.0140. The fraction of sp³-hybridized carbons (Fsp3) is 0.316. The van der Waals surface area contributed by atoms with E-state index in [1.165, 1.54) is 12.1 Å². The summed E-state index contributed by atoms with van der Waals surface area (Å²) >= 11 is 0. The van der Waals surface area contributed by atoms with Crippen LogP contribution in [0.5, 0.6) is 11.5 Å². The maximum absolute atomic E-state index is 12.7. The zero-order valence-electron chi connectivity index (χ0n) is 14.5. The van der Waals surface area contributed by atoms with Crippen LogP contribution in [0.25, 0.3) is 0 Å². The van der Waals surface area contributed by atoms with E-state index in [0.717, 1.165) is 12.1 Å². The first-order valence-electron chi connectivity index (χ1n) is 8.19. The van der Waals surface area contributed by atoms with E-state index in [2.05, 4.69) is 5.32 Å². The van der Waals surface area contributed by atoms with Gasteiger partial charge in [0.1, 0.15) is 0 Å². The summed E-state index contributed by atoms with van der Waals surface area (Å²) in [6.07, 6.45) is -4.42. The molecule has 0 aliphatic carbocycles. The van der Waals surface area contributed by atoms with Crippen molar-refractivity contribution in [2.24, 2.45) is 0 Å². The van der Waals surface area contributed by atoms with Crippen molar-refractivity contribution in [3.63, 3.8) is 0 Å². The van der Waals surface area contributed by atoms with Gasteiger partial charge in [-0.3, -0.25) is 4.79 Å². The Bertz CT molecular complexity index is 760. The number of amides is 1. The van der Waals surface area contributed by atoms with Crippen LogP contribution in [0.1, 0.15) is 35.3 Å². The van der Waals surface area contributed by atoms with Crippen molar-refractivity contribution < 1.29 is 27.4 Å². The van der Waals surface area contributed by atoms with E-state index >= 15 is 0 Å². The second-order valence-electron chi connectivity index (χ2n) is 5.41. The van der Waals surface area contributed by atoms with Crippen LogP contribution < -0.4 is 14.8 Å². The van der Waals surface area contributed by atoms with Gasteiger partial charge < -0.3 is 14.8 Å². The van der Waals surface area contributed by atoms with Crippen molar-refractivity contribution in [1.82, 2.24) is 5.32 Å². The lowest BCUT2D eigenvalue weighted by Crippen LogP contribution is -2.23. The molecule has 0 aliphatic heterocycles. The van der Waals surface area contributed by atoms with Gasteiger partial charge in [0.05, 0.1) is 18.8 Å². The highest BCUT2D eigenvalue weighted by molar-refractivity contribution is 5.94. The lowest BCUT2D eigenvalue weighted by molar-refractivity contribution is -0.137. The van der Waals surface area contributed by atoms with Crippen LogP contribution in [-0.4, -0.2) is 19.1 Å². The van der Waals surface area contributed by atoms with Crippen molar-refractivity contribution in [2.45, 2.75) is 26.6 Å². The highest BCUT2D eigenvalue weighted by Crippen LogP contribution is 2.30. The fourth-order valence-corrected chi connectivity index (χ4v) is 2.33. The van der Waals surface area contributed by atoms with Crippen LogP contribution in [0.2, 0.25) is 0 Å². The third kappa shape index (κ3) is 5.15. The summed E-state index contributed by atoms with van der Waals surface area (Å²) in [6.45, 7) is 4.51. The molecule has 0 spiro atoms. The quantitative estimate of drug-likeness (QED) is 0.787. The molecule has 0 fully saturated rings. The number of alkyl halides is 3. The first kappa shape index (κ1) is 19.6. The van der Waals surface area contributed by atoms with E-state index in [1.807, 2.05) is 13.8 Å². The molecule has 0 aromatic heterocycles. The molecular weight excluding hydrogens is 347 g/mol. The van der Waals surface area contributed by atoms with Gasteiger partial charge in [-0.15, -0.1) is 0 Å². The summed E-state index contributed by atoms with van der Waals surface area (Å²) in [4.78, 5) is 12.3. The third-order valence-electron chi connectivity index (χ3n) is 3.51. The third-order valence-corrected chi connectivity index (χ3v) is 3.51. The second-order valence-corrected chi connectivity index (χ2v) is 5.41. The van der Waals surface area contributed by atoms with Crippen molar-refractivity contribution in [3.8, 4) is 11.5 Å². The summed E-state index contributed by atoms with van der Waals surface area (Å²) < 4.78 is 49.1. The van der Waals surface area contributed by atoms with Gasteiger partial charge in [0.15, 0.2) is 11.5 Å². The minimum Gasteiger partial charge on any atom is -0.490 e. The molecule has 0 unspecified atom stereocenters. The Kier molecular flexibility index (Phi) is 6.49. The topological polar surface area (TPSA) is 47.6 Å². The van der Waals surface area contributed by atoms with Crippen molar-refractivity contribution in [1.29, 1.82) is 0 Å².